The standard InChI is InChI=1S/C11H20N2O5/c1-13(6-8-4-2-3-5-18-8)11(17)12-9(7-14)10(15)16/h8-9,14H,2-7H2,1H3,(H,12,17)(H,15,16)/t8?,9-/m1/s1. The number of likely N-dealkylation sites (N-methyl/N-ethyl adjacent to an activating group) is 1. The second kappa shape index (κ2) is 7.17. The van der Waals surface area contributed by atoms with Crippen molar-refractivity contribution >= 4 is 12.0 Å². The van der Waals surface area contributed by atoms with E-state index >= 15 is 0 Å². The minimum atomic E-state index is -1.27. The molecule has 0 bridgehead atoms. The van der Waals surface area contributed by atoms with Gasteiger partial charge in [0, 0.05) is 20.2 Å². The van der Waals surface area contributed by atoms with Crippen LogP contribution in [-0.2, 0) is 9.53 Å². The van der Waals surface area contributed by atoms with Crippen molar-refractivity contribution in [2.75, 3.05) is 26.8 Å². The summed E-state index contributed by atoms with van der Waals surface area (Å²) in [5.41, 5.74) is 0. The quantitative estimate of drug-likeness (QED) is 0.627. The van der Waals surface area contributed by atoms with E-state index in [-0.39, 0.29) is 6.10 Å². The van der Waals surface area contributed by atoms with E-state index in [0.29, 0.717) is 13.2 Å². The monoisotopic (exact) mass is 260 g/mol. The fourth-order valence-corrected chi connectivity index (χ4v) is 1.78. The van der Waals surface area contributed by atoms with Gasteiger partial charge in [0.05, 0.1) is 12.7 Å². The zero-order valence-electron chi connectivity index (χ0n) is 10.5. The van der Waals surface area contributed by atoms with Gasteiger partial charge in [-0.3, -0.25) is 0 Å². The Morgan fingerprint density at radius 1 is 1.50 bits per heavy atom. The van der Waals surface area contributed by atoms with Gasteiger partial charge in [-0.05, 0) is 19.3 Å². The summed E-state index contributed by atoms with van der Waals surface area (Å²) in [7, 11) is 1.57. The maximum absolute atomic E-state index is 11.7. The molecule has 1 rings (SSSR count). The van der Waals surface area contributed by atoms with Gasteiger partial charge in [0.25, 0.3) is 0 Å². The second-order valence-corrected chi connectivity index (χ2v) is 4.39. The number of hydrogen-bond donors (Lipinski definition) is 3. The number of carboxylic acid groups (broad SMARTS) is 1. The third-order valence-corrected chi connectivity index (χ3v) is 2.88. The van der Waals surface area contributed by atoms with Crippen molar-refractivity contribution < 1.29 is 24.5 Å². The van der Waals surface area contributed by atoms with Crippen molar-refractivity contribution in [3.05, 3.63) is 0 Å². The predicted molar refractivity (Wildman–Crippen MR) is 63.3 cm³/mol. The van der Waals surface area contributed by atoms with E-state index in [4.69, 9.17) is 14.9 Å². The SMILES string of the molecule is CN(CC1CCCCO1)C(=O)N[C@H](CO)C(=O)O. The van der Waals surface area contributed by atoms with E-state index in [1.54, 1.807) is 7.05 Å². The number of amides is 2. The maximum Gasteiger partial charge on any atom is 0.328 e. The van der Waals surface area contributed by atoms with Crippen molar-refractivity contribution in [2.24, 2.45) is 0 Å². The molecule has 0 aliphatic carbocycles. The fourth-order valence-electron chi connectivity index (χ4n) is 1.78. The van der Waals surface area contributed by atoms with Crippen LogP contribution >= 0.6 is 0 Å². The minimum Gasteiger partial charge on any atom is -0.480 e. The first kappa shape index (κ1) is 14.7. The number of aliphatic hydroxyl groups is 1. The van der Waals surface area contributed by atoms with Crippen molar-refractivity contribution in [1.29, 1.82) is 0 Å². The van der Waals surface area contributed by atoms with E-state index in [9.17, 15) is 9.59 Å². The number of rotatable bonds is 5. The predicted octanol–water partition coefficient (Wildman–Crippen LogP) is -0.358. The Kier molecular flexibility index (Phi) is 5.87. The number of aliphatic carboxylic acids is 1. The molecule has 0 aromatic heterocycles. The molecule has 7 heteroatoms. The molecule has 1 aliphatic rings. The number of carbonyl (C=O) groups is 2. The lowest BCUT2D eigenvalue weighted by molar-refractivity contribution is -0.140. The highest BCUT2D eigenvalue weighted by atomic mass is 16.5. The molecule has 0 aromatic rings. The first-order valence-electron chi connectivity index (χ1n) is 6.01. The summed E-state index contributed by atoms with van der Waals surface area (Å²) >= 11 is 0. The van der Waals surface area contributed by atoms with Gasteiger partial charge in [-0.1, -0.05) is 0 Å². The third-order valence-electron chi connectivity index (χ3n) is 2.88. The molecular weight excluding hydrogens is 240 g/mol. The van der Waals surface area contributed by atoms with Gasteiger partial charge < -0.3 is 25.2 Å². The van der Waals surface area contributed by atoms with E-state index in [2.05, 4.69) is 5.32 Å². The molecule has 1 unspecified atom stereocenters. The summed E-state index contributed by atoms with van der Waals surface area (Å²) in [5, 5.41) is 19.8. The summed E-state index contributed by atoms with van der Waals surface area (Å²) < 4.78 is 5.49. The lowest BCUT2D eigenvalue weighted by Gasteiger charge is -2.28. The summed E-state index contributed by atoms with van der Waals surface area (Å²) in [6, 6.07) is -1.79. The van der Waals surface area contributed by atoms with Crippen LogP contribution in [0.2, 0.25) is 0 Å². The topological polar surface area (TPSA) is 99.1 Å². The molecule has 18 heavy (non-hydrogen) atoms. The van der Waals surface area contributed by atoms with E-state index in [0.717, 1.165) is 19.3 Å². The van der Waals surface area contributed by atoms with Gasteiger partial charge in [-0.25, -0.2) is 9.59 Å². The van der Waals surface area contributed by atoms with E-state index < -0.39 is 24.6 Å². The summed E-state index contributed by atoms with van der Waals surface area (Å²) in [6.07, 6.45) is 3.03. The molecule has 3 N–H and O–H groups in total. The minimum absolute atomic E-state index is 0.00639. The van der Waals surface area contributed by atoms with Crippen molar-refractivity contribution in [1.82, 2.24) is 10.2 Å². The number of nitrogens with one attached hydrogen (secondary N) is 1. The number of ether oxygens (including phenoxy) is 1. The van der Waals surface area contributed by atoms with Crippen molar-refractivity contribution in [3.8, 4) is 0 Å². The molecular formula is C11H20N2O5. The summed E-state index contributed by atoms with van der Waals surface area (Å²) in [6.45, 7) is 0.493. The highest BCUT2D eigenvalue weighted by Gasteiger charge is 2.23. The number of carboxylic acids is 1. The molecule has 1 saturated heterocycles. The number of urea groups is 1. The van der Waals surface area contributed by atoms with Crippen LogP contribution in [0, 0.1) is 0 Å². The number of hydrogen-bond acceptors (Lipinski definition) is 4. The Labute approximate surface area is 106 Å². The Morgan fingerprint density at radius 3 is 2.72 bits per heavy atom. The Bertz CT molecular complexity index is 291. The van der Waals surface area contributed by atoms with Crippen molar-refractivity contribution in [3.63, 3.8) is 0 Å². The first-order valence-corrected chi connectivity index (χ1v) is 6.01. The van der Waals surface area contributed by atoms with Gasteiger partial charge >= 0.3 is 12.0 Å². The first-order chi connectivity index (χ1) is 8.54. The summed E-state index contributed by atoms with van der Waals surface area (Å²) in [5.74, 6) is -1.26. The van der Waals surface area contributed by atoms with E-state index in [1.165, 1.54) is 4.90 Å². The zero-order valence-corrected chi connectivity index (χ0v) is 10.5. The molecule has 104 valence electrons. The largest absolute Gasteiger partial charge is 0.480 e. The Morgan fingerprint density at radius 2 is 2.22 bits per heavy atom. The van der Waals surface area contributed by atoms with Gasteiger partial charge in [-0.15, -0.1) is 0 Å². The Hall–Kier alpha value is -1.34. The van der Waals surface area contributed by atoms with Crippen LogP contribution in [0.25, 0.3) is 0 Å². The second-order valence-electron chi connectivity index (χ2n) is 4.39. The van der Waals surface area contributed by atoms with Crippen LogP contribution in [-0.4, -0.2) is 66.1 Å². The van der Waals surface area contributed by atoms with Crippen LogP contribution in [0.5, 0.6) is 0 Å². The van der Waals surface area contributed by atoms with Crippen LogP contribution in [0.3, 0.4) is 0 Å². The van der Waals surface area contributed by atoms with Gasteiger partial charge in [0.15, 0.2) is 6.04 Å². The molecule has 0 spiro atoms. The number of nitrogens with zero attached hydrogens (tertiary/aromatic N) is 1. The lowest BCUT2D eigenvalue weighted by atomic mass is 10.1. The van der Waals surface area contributed by atoms with Gasteiger partial charge in [0.2, 0.25) is 0 Å². The molecule has 0 aromatic carbocycles. The number of carbonyl (C=O) groups excluding carboxylic acids is 1. The zero-order chi connectivity index (χ0) is 13.5. The molecule has 1 aliphatic heterocycles. The molecule has 7 nitrogen and oxygen atoms in total. The molecule has 1 fully saturated rings. The molecule has 1 heterocycles. The van der Waals surface area contributed by atoms with Crippen LogP contribution in [0.1, 0.15) is 19.3 Å². The average Bonchev–Trinajstić information content (AvgIpc) is 2.36. The molecule has 0 saturated carbocycles. The maximum atomic E-state index is 11.7. The van der Waals surface area contributed by atoms with Gasteiger partial charge in [-0.2, -0.15) is 0 Å². The number of aliphatic hydroxyl groups excluding tert-OH is 1. The summed E-state index contributed by atoms with van der Waals surface area (Å²) in [4.78, 5) is 23.7. The molecule has 0 radical (unpaired) electrons. The van der Waals surface area contributed by atoms with Crippen molar-refractivity contribution in [2.45, 2.75) is 31.4 Å². The van der Waals surface area contributed by atoms with Crippen LogP contribution in [0.15, 0.2) is 0 Å². The van der Waals surface area contributed by atoms with Crippen LogP contribution < -0.4 is 5.32 Å². The fraction of sp³-hybridized carbons (Fsp3) is 0.818. The Balaban J connectivity index is 2.37. The molecule has 2 amide bonds. The highest BCUT2D eigenvalue weighted by molar-refractivity contribution is 5.82. The highest BCUT2D eigenvalue weighted by Crippen LogP contribution is 2.13. The van der Waals surface area contributed by atoms with Gasteiger partial charge in [0.1, 0.15) is 0 Å². The average molecular weight is 260 g/mol. The van der Waals surface area contributed by atoms with E-state index in [1.807, 2.05) is 0 Å². The lowest BCUT2D eigenvalue weighted by Crippen LogP contribution is -2.50. The third kappa shape index (κ3) is 4.50. The van der Waals surface area contributed by atoms with Crippen LogP contribution in [0.4, 0.5) is 4.79 Å². The molecule has 2 atom stereocenters. The normalized spacial score (nSPS) is 21.1. The smallest absolute Gasteiger partial charge is 0.328 e.